The number of rotatable bonds is 2. The third kappa shape index (κ3) is 2.78. The first-order valence-electron chi connectivity index (χ1n) is 6.67. The summed E-state index contributed by atoms with van der Waals surface area (Å²) in [6.07, 6.45) is 0.510. The Hall–Kier alpha value is -1.89. The summed E-state index contributed by atoms with van der Waals surface area (Å²) < 4.78 is 38.1. The fourth-order valence-electron chi connectivity index (χ4n) is 2.69. The van der Waals surface area contributed by atoms with Gasteiger partial charge in [-0.2, -0.15) is 5.10 Å². The Kier molecular flexibility index (Phi) is 3.24. The van der Waals surface area contributed by atoms with Crippen LogP contribution in [0.4, 0.5) is 10.2 Å². The molecule has 0 saturated carbocycles. The molecule has 1 aliphatic rings. The Morgan fingerprint density at radius 3 is 2.71 bits per heavy atom. The first-order chi connectivity index (χ1) is 9.84. The zero-order valence-corrected chi connectivity index (χ0v) is 12.4. The van der Waals surface area contributed by atoms with Crippen molar-refractivity contribution in [2.24, 2.45) is 0 Å². The molecule has 1 aromatic heterocycles. The second-order valence-electron chi connectivity index (χ2n) is 5.47. The zero-order chi connectivity index (χ0) is 15.2. The summed E-state index contributed by atoms with van der Waals surface area (Å²) in [6, 6.07) is 6.07. The number of nitrogens with zero attached hydrogens (tertiary/aromatic N) is 2. The Morgan fingerprint density at radius 2 is 2.10 bits per heavy atom. The summed E-state index contributed by atoms with van der Waals surface area (Å²) in [5.74, 6) is 0.280. The van der Waals surface area contributed by atoms with E-state index in [-0.39, 0.29) is 23.4 Å². The number of nitrogen functional groups attached to an aromatic ring is 1. The quantitative estimate of drug-likeness (QED) is 0.919. The van der Waals surface area contributed by atoms with E-state index in [9.17, 15) is 12.8 Å². The van der Waals surface area contributed by atoms with Crippen LogP contribution in [-0.4, -0.2) is 29.7 Å². The van der Waals surface area contributed by atoms with Crippen LogP contribution in [0.5, 0.6) is 0 Å². The van der Waals surface area contributed by atoms with Crippen molar-refractivity contribution in [1.29, 1.82) is 0 Å². The maximum absolute atomic E-state index is 13.5. The molecule has 1 fully saturated rings. The molecule has 1 aromatic carbocycles. The molecule has 2 aromatic rings. The Balaban J connectivity index is 1.98. The lowest BCUT2D eigenvalue weighted by Crippen LogP contribution is -2.14. The van der Waals surface area contributed by atoms with Crippen molar-refractivity contribution in [3.05, 3.63) is 35.6 Å². The number of benzene rings is 1. The number of aromatic nitrogens is 2. The normalized spacial score (nSPS) is 20.8. The van der Waals surface area contributed by atoms with Crippen molar-refractivity contribution < 1.29 is 12.8 Å². The smallest absolute Gasteiger partial charge is 0.152 e. The fraction of sp³-hybridized carbons (Fsp3) is 0.357. The Labute approximate surface area is 122 Å². The second kappa shape index (κ2) is 4.84. The Bertz CT molecular complexity index is 778. The maximum atomic E-state index is 13.5. The molecular weight excluding hydrogens is 293 g/mol. The molecule has 7 heteroatoms. The van der Waals surface area contributed by atoms with Crippen molar-refractivity contribution in [1.82, 2.24) is 9.78 Å². The molecule has 0 spiro atoms. The lowest BCUT2D eigenvalue weighted by Gasteiger charge is -2.10. The van der Waals surface area contributed by atoms with Crippen LogP contribution in [0, 0.1) is 12.7 Å². The number of halogens is 1. The van der Waals surface area contributed by atoms with Crippen LogP contribution in [0.1, 0.15) is 18.0 Å². The van der Waals surface area contributed by atoms with Crippen molar-refractivity contribution in [3.63, 3.8) is 0 Å². The van der Waals surface area contributed by atoms with E-state index in [1.54, 1.807) is 17.7 Å². The van der Waals surface area contributed by atoms with Crippen LogP contribution in [0.3, 0.4) is 0 Å². The molecule has 0 aliphatic carbocycles. The van der Waals surface area contributed by atoms with Crippen molar-refractivity contribution in [2.75, 3.05) is 17.2 Å². The number of aryl methyl sites for hydroxylation is 1. The number of hydrogen-bond acceptors (Lipinski definition) is 4. The van der Waals surface area contributed by atoms with Crippen LogP contribution < -0.4 is 5.73 Å². The third-order valence-electron chi connectivity index (χ3n) is 3.66. The summed E-state index contributed by atoms with van der Waals surface area (Å²) in [7, 11) is -3.01. The minimum atomic E-state index is -3.01. The van der Waals surface area contributed by atoms with Crippen LogP contribution in [0.15, 0.2) is 24.3 Å². The standard InChI is InChI=1S/C14H16FN3O2S/c1-9-4-10(6-11(15)5-9)13-7-14(16)18(17-13)12-2-3-21(19,20)8-12/h4-7,12H,2-3,8,16H2,1H3. The van der Waals surface area contributed by atoms with E-state index in [1.807, 2.05) is 6.07 Å². The average Bonchev–Trinajstić information content (AvgIpc) is 2.91. The lowest BCUT2D eigenvalue weighted by atomic mass is 10.1. The number of hydrogen-bond donors (Lipinski definition) is 1. The molecule has 2 N–H and O–H groups in total. The molecule has 5 nitrogen and oxygen atoms in total. The molecule has 2 heterocycles. The second-order valence-corrected chi connectivity index (χ2v) is 7.70. The zero-order valence-electron chi connectivity index (χ0n) is 11.6. The van der Waals surface area contributed by atoms with Crippen LogP contribution in [0.2, 0.25) is 0 Å². The van der Waals surface area contributed by atoms with E-state index in [2.05, 4.69) is 5.10 Å². The summed E-state index contributed by atoms with van der Waals surface area (Å²) in [5.41, 5.74) is 7.92. The van der Waals surface area contributed by atoms with Gasteiger partial charge in [0.2, 0.25) is 0 Å². The molecule has 1 saturated heterocycles. The van der Waals surface area contributed by atoms with Gasteiger partial charge in [-0.05, 0) is 37.1 Å². The summed E-state index contributed by atoms with van der Waals surface area (Å²) in [6.45, 7) is 1.80. The average molecular weight is 309 g/mol. The van der Waals surface area contributed by atoms with Gasteiger partial charge in [0.15, 0.2) is 9.84 Å². The molecule has 1 unspecified atom stereocenters. The molecule has 112 valence electrons. The van der Waals surface area contributed by atoms with Gasteiger partial charge in [0.25, 0.3) is 0 Å². The molecule has 0 amide bonds. The molecule has 1 atom stereocenters. The van der Waals surface area contributed by atoms with Crippen LogP contribution in [-0.2, 0) is 9.84 Å². The highest BCUT2D eigenvalue weighted by molar-refractivity contribution is 7.91. The molecule has 21 heavy (non-hydrogen) atoms. The largest absolute Gasteiger partial charge is 0.384 e. The van der Waals surface area contributed by atoms with E-state index in [0.29, 0.717) is 23.5 Å². The Morgan fingerprint density at radius 1 is 1.33 bits per heavy atom. The monoisotopic (exact) mass is 309 g/mol. The first-order valence-corrected chi connectivity index (χ1v) is 8.49. The molecule has 1 aliphatic heterocycles. The van der Waals surface area contributed by atoms with Gasteiger partial charge >= 0.3 is 0 Å². The van der Waals surface area contributed by atoms with Crippen LogP contribution in [0.25, 0.3) is 11.3 Å². The van der Waals surface area contributed by atoms with Gasteiger partial charge in [-0.15, -0.1) is 0 Å². The highest BCUT2D eigenvalue weighted by Crippen LogP contribution is 2.29. The van der Waals surface area contributed by atoms with Gasteiger partial charge in [0.05, 0.1) is 23.2 Å². The van der Waals surface area contributed by atoms with E-state index < -0.39 is 9.84 Å². The highest BCUT2D eigenvalue weighted by Gasteiger charge is 2.31. The van der Waals surface area contributed by atoms with Gasteiger partial charge in [0.1, 0.15) is 11.6 Å². The SMILES string of the molecule is Cc1cc(F)cc(-c2cc(N)n(C3CCS(=O)(=O)C3)n2)c1. The summed E-state index contributed by atoms with van der Waals surface area (Å²) >= 11 is 0. The van der Waals surface area contributed by atoms with E-state index in [0.717, 1.165) is 5.56 Å². The van der Waals surface area contributed by atoms with Gasteiger partial charge in [-0.1, -0.05) is 0 Å². The maximum Gasteiger partial charge on any atom is 0.152 e. The molecular formula is C14H16FN3O2S. The van der Waals surface area contributed by atoms with Gasteiger partial charge < -0.3 is 5.73 Å². The van der Waals surface area contributed by atoms with E-state index >= 15 is 0 Å². The number of sulfone groups is 1. The van der Waals surface area contributed by atoms with Gasteiger partial charge in [-0.25, -0.2) is 17.5 Å². The minimum Gasteiger partial charge on any atom is -0.384 e. The van der Waals surface area contributed by atoms with Crippen molar-refractivity contribution in [3.8, 4) is 11.3 Å². The molecule has 0 radical (unpaired) electrons. The minimum absolute atomic E-state index is 0.0561. The molecule has 3 rings (SSSR count). The number of anilines is 1. The fourth-order valence-corrected chi connectivity index (χ4v) is 4.39. The highest BCUT2D eigenvalue weighted by atomic mass is 32.2. The van der Waals surface area contributed by atoms with Crippen molar-refractivity contribution >= 4 is 15.7 Å². The van der Waals surface area contributed by atoms with Gasteiger partial charge in [0, 0.05) is 11.6 Å². The lowest BCUT2D eigenvalue weighted by molar-refractivity contribution is 0.508. The summed E-state index contributed by atoms with van der Waals surface area (Å²) in [4.78, 5) is 0. The van der Waals surface area contributed by atoms with E-state index in [1.165, 1.54) is 12.1 Å². The first kappa shape index (κ1) is 14.1. The predicted molar refractivity (Wildman–Crippen MR) is 79.1 cm³/mol. The van der Waals surface area contributed by atoms with Gasteiger partial charge in [-0.3, -0.25) is 0 Å². The topological polar surface area (TPSA) is 78.0 Å². The third-order valence-corrected chi connectivity index (χ3v) is 5.41. The van der Waals surface area contributed by atoms with E-state index in [4.69, 9.17) is 5.73 Å². The molecule has 0 bridgehead atoms. The number of nitrogens with two attached hydrogens (primary N) is 1. The summed E-state index contributed by atoms with van der Waals surface area (Å²) in [5, 5.41) is 4.37. The van der Waals surface area contributed by atoms with Crippen LogP contribution >= 0.6 is 0 Å². The predicted octanol–water partition coefficient (Wildman–Crippen LogP) is 1.94. The van der Waals surface area contributed by atoms with Crippen molar-refractivity contribution in [2.45, 2.75) is 19.4 Å².